The van der Waals surface area contributed by atoms with Crippen LogP contribution in [0.3, 0.4) is 0 Å². The summed E-state index contributed by atoms with van der Waals surface area (Å²) >= 11 is 0. The van der Waals surface area contributed by atoms with E-state index in [-0.39, 0.29) is 17.1 Å². The summed E-state index contributed by atoms with van der Waals surface area (Å²) in [5, 5.41) is 10.5. The van der Waals surface area contributed by atoms with E-state index in [0.717, 1.165) is 45.9 Å². The van der Waals surface area contributed by atoms with Crippen molar-refractivity contribution >= 4 is 29.7 Å². The molecular formula is C28H29FO13. The van der Waals surface area contributed by atoms with E-state index in [0.29, 0.717) is 0 Å². The van der Waals surface area contributed by atoms with Gasteiger partial charge in [-0.2, -0.15) is 0 Å². The fourth-order valence-corrected chi connectivity index (χ4v) is 4.00. The fourth-order valence-electron chi connectivity index (χ4n) is 4.00. The van der Waals surface area contributed by atoms with Gasteiger partial charge in [-0.25, -0.2) is 4.39 Å². The van der Waals surface area contributed by atoms with Crippen LogP contribution in [0.4, 0.5) is 4.39 Å². The SMILES string of the molecule is CC(=O)OCC1O[C@@H](Oc2ccc(C(=O)COc3ccc(F)cc3)c(O)c2)C(OC(C)=O)C(OC(C)=O)[C@H]1OC(C)=O. The summed E-state index contributed by atoms with van der Waals surface area (Å²) in [5.41, 5.74) is -0.119. The highest BCUT2D eigenvalue weighted by molar-refractivity contribution is 5.99. The van der Waals surface area contributed by atoms with Crippen molar-refractivity contribution in [3.05, 3.63) is 53.8 Å². The molecule has 226 valence electrons. The number of esters is 4. The Kier molecular flexibility index (Phi) is 10.8. The molecule has 1 N–H and O–H groups in total. The third-order valence-electron chi connectivity index (χ3n) is 5.65. The van der Waals surface area contributed by atoms with Gasteiger partial charge in [0.1, 0.15) is 35.8 Å². The molecule has 0 saturated carbocycles. The Labute approximate surface area is 239 Å². The highest BCUT2D eigenvalue weighted by Crippen LogP contribution is 2.32. The number of rotatable bonds is 11. The molecule has 1 saturated heterocycles. The maximum atomic E-state index is 13.1. The number of aromatic hydroxyl groups is 1. The maximum absolute atomic E-state index is 13.1. The van der Waals surface area contributed by atoms with Crippen LogP contribution < -0.4 is 9.47 Å². The van der Waals surface area contributed by atoms with Gasteiger partial charge in [0.2, 0.25) is 18.2 Å². The van der Waals surface area contributed by atoms with Gasteiger partial charge in [-0.05, 0) is 36.4 Å². The summed E-state index contributed by atoms with van der Waals surface area (Å²) in [6.45, 7) is 3.47. The van der Waals surface area contributed by atoms with E-state index < -0.39 is 85.1 Å². The summed E-state index contributed by atoms with van der Waals surface area (Å²) in [6.07, 6.45) is -7.08. The van der Waals surface area contributed by atoms with Crippen LogP contribution >= 0.6 is 0 Å². The van der Waals surface area contributed by atoms with E-state index in [9.17, 15) is 33.5 Å². The average molecular weight is 593 g/mol. The number of halogens is 1. The Bertz CT molecular complexity index is 1310. The standard InChI is InChI=1S/C28H29FO13/c1-14(30)36-13-24-25(38-15(2)31)26(39-16(3)32)27(40-17(4)33)28(42-24)41-20-9-10-21(22(34)11-20)23(35)12-37-19-7-5-18(29)6-8-19/h5-11,24-28,34H,12-13H2,1-4H3/t24?,25-,26?,27?,28+/m0/s1. The molecular weight excluding hydrogens is 563 g/mol. The van der Waals surface area contributed by atoms with Gasteiger partial charge in [0.05, 0.1) is 5.56 Å². The van der Waals surface area contributed by atoms with Gasteiger partial charge >= 0.3 is 23.9 Å². The largest absolute Gasteiger partial charge is 0.507 e. The lowest BCUT2D eigenvalue weighted by Gasteiger charge is -2.43. The molecule has 1 fully saturated rings. The number of benzene rings is 2. The zero-order chi connectivity index (χ0) is 31.0. The van der Waals surface area contributed by atoms with Crippen molar-refractivity contribution in [3.63, 3.8) is 0 Å². The van der Waals surface area contributed by atoms with E-state index >= 15 is 0 Å². The van der Waals surface area contributed by atoms with Crippen molar-refractivity contribution in [1.29, 1.82) is 0 Å². The van der Waals surface area contributed by atoms with E-state index in [1.807, 2.05) is 0 Å². The Hall–Kier alpha value is -4.72. The third-order valence-corrected chi connectivity index (χ3v) is 5.65. The zero-order valence-electron chi connectivity index (χ0n) is 23.1. The number of carbonyl (C=O) groups is 5. The molecule has 1 aliphatic heterocycles. The molecule has 14 heteroatoms. The average Bonchev–Trinajstić information content (AvgIpc) is 2.89. The Morgan fingerprint density at radius 1 is 0.786 bits per heavy atom. The van der Waals surface area contributed by atoms with Gasteiger partial charge in [0, 0.05) is 33.8 Å². The molecule has 0 spiro atoms. The van der Waals surface area contributed by atoms with Crippen LogP contribution in [0.15, 0.2) is 42.5 Å². The molecule has 0 aliphatic carbocycles. The molecule has 3 unspecified atom stereocenters. The van der Waals surface area contributed by atoms with Crippen LogP contribution in [-0.4, -0.2) is 78.7 Å². The minimum absolute atomic E-state index is 0.0654. The highest BCUT2D eigenvalue weighted by atomic mass is 19.1. The molecule has 0 bridgehead atoms. The number of phenols is 1. The number of hydrogen-bond acceptors (Lipinski definition) is 13. The van der Waals surface area contributed by atoms with E-state index in [1.165, 1.54) is 24.3 Å². The van der Waals surface area contributed by atoms with Gasteiger partial charge < -0.3 is 38.3 Å². The fraction of sp³-hybridized carbons (Fsp3) is 0.393. The van der Waals surface area contributed by atoms with Crippen LogP contribution in [0.1, 0.15) is 38.1 Å². The van der Waals surface area contributed by atoms with Crippen LogP contribution in [0.5, 0.6) is 17.2 Å². The van der Waals surface area contributed by atoms with Crippen molar-refractivity contribution in [2.45, 2.75) is 58.4 Å². The first-order chi connectivity index (χ1) is 19.8. The Morgan fingerprint density at radius 3 is 1.93 bits per heavy atom. The van der Waals surface area contributed by atoms with Crippen LogP contribution in [0, 0.1) is 5.82 Å². The first-order valence-corrected chi connectivity index (χ1v) is 12.6. The summed E-state index contributed by atoms with van der Waals surface area (Å²) in [6, 6.07) is 8.64. The van der Waals surface area contributed by atoms with Gasteiger partial charge in [-0.1, -0.05) is 0 Å². The van der Waals surface area contributed by atoms with Crippen LogP contribution in [0.25, 0.3) is 0 Å². The number of carbonyl (C=O) groups excluding carboxylic acids is 5. The minimum atomic E-state index is -1.53. The van der Waals surface area contributed by atoms with Crippen molar-refractivity contribution in [2.24, 2.45) is 0 Å². The third kappa shape index (κ3) is 8.89. The molecule has 42 heavy (non-hydrogen) atoms. The highest BCUT2D eigenvalue weighted by Gasteiger charge is 2.53. The molecule has 1 aliphatic rings. The lowest BCUT2D eigenvalue weighted by atomic mass is 9.98. The molecule has 13 nitrogen and oxygen atoms in total. The Balaban J connectivity index is 1.86. The quantitative estimate of drug-likeness (QED) is 0.229. The number of ether oxygens (including phenoxy) is 7. The number of phenolic OH excluding ortho intramolecular Hbond substituents is 1. The molecule has 2 aromatic carbocycles. The molecule has 2 aromatic rings. The smallest absolute Gasteiger partial charge is 0.303 e. The summed E-state index contributed by atoms with van der Waals surface area (Å²) in [7, 11) is 0. The minimum Gasteiger partial charge on any atom is -0.507 e. The maximum Gasteiger partial charge on any atom is 0.303 e. The summed E-state index contributed by atoms with van der Waals surface area (Å²) in [4.78, 5) is 59.8. The lowest BCUT2D eigenvalue weighted by Crippen LogP contribution is -2.63. The molecule has 3 rings (SSSR count). The van der Waals surface area contributed by atoms with Crippen molar-refractivity contribution < 1.29 is 66.6 Å². The monoisotopic (exact) mass is 592 g/mol. The van der Waals surface area contributed by atoms with E-state index in [2.05, 4.69) is 0 Å². The molecule has 0 aromatic heterocycles. The second-order valence-corrected chi connectivity index (χ2v) is 9.03. The zero-order valence-corrected chi connectivity index (χ0v) is 23.1. The van der Waals surface area contributed by atoms with Crippen molar-refractivity contribution in [3.8, 4) is 17.2 Å². The van der Waals surface area contributed by atoms with E-state index in [4.69, 9.17) is 33.2 Å². The molecule has 0 radical (unpaired) electrons. The van der Waals surface area contributed by atoms with Gasteiger partial charge in [-0.3, -0.25) is 24.0 Å². The van der Waals surface area contributed by atoms with Crippen molar-refractivity contribution in [1.82, 2.24) is 0 Å². The second kappa shape index (κ2) is 14.3. The number of hydrogen-bond donors (Lipinski definition) is 1. The summed E-state index contributed by atoms with van der Waals surface area (Å²) in [5.74, 6) is -4.50. The normalized spacial score (nSPS) is 21.4. The number of Topliss-reactive ketones (excluding diaryl/α,β-unsaturated/α-hetero) is 1. The van der Waals surface area contributed by atoms with Gasteiger partial charge in [0.25, 0.3) is 0 Å². The predicted octanol–water partition coefficient (Wildman–Crippen LogP) is 2.25. The van der Waals surface area contributed by atoms with Gasteiger partial charge in [-0.15, -0.1) is 0 Å². The van der Waals surface area contributed by atoms with Crippen molar-refractivity contribution in [2.75, 3.05) is 13.2 Å². The van der Waals surface area contributed by atoms with E-state index in [1.54, 1.807) is 0 Å². The molecule has 0 amide bonds. The topological polar surface area (TPSA) is 170 Å². The first-order valence-electron chi connectivity index (χ1n) is 12.6. The van der Waals surface area contributed by atoms with Crippen LogP contribution in [-0.2, 0) is 42.9 Å². The van der Waals surface area contributed by atoms with Gasteiger partial charge in [0.15, 0.2) is 18.8 Å². The number of ketones is 1. The lowest BCUT2D eigenvalue weighted by molar-refractivity contribution is -0.288. The Morgan fingerprint density at radius 2 is 1.36 bits per heavy atom. The first kappa shape index (κ1) is 31.8. The second-order valence-electron chi connectivity index (χ2n) is 9.03. The summed E-state index contributed by atoms with van der Waals surface area (Å²) < 4.78 is 51.1. The molecule has 5 atom stereocenters. The predicted molar refractivity (Wildman–Crippen MR) is 137 cm³/mol. The molecule has 1 heterocycles. The van der Waals surface area contributed by atoms with Crippen LogP contribution in [0.2, 0.25) is 0 Å².